The predicted octanol–water partition coefficient (Wildman–Crippen LogP) is 2.57. The second-order valence-corrected chi connectivity index (χ2v) is 9.23. The highest BCUT2D eigenvalue weighted by molar-refractivity contribution is 6.00. The van der Waals surface area contributed by atoms with Gasteiger partial charge < -0.3 is 20.3 Å². The Kier molecular flexibility index (Phi) is 6.18. The van der Waals surface area contributed by atoms with E-state index in [-0.39, 0.29) is 18.3 Å². The lowest BCUT2D eigenvalue weighted by Gasteiger charge is -2.27. The highest BCUT2D eigenvalue weighted by Gasteiger charge is 2.23. The maximum Gasteiger partial charge on any atom is 0.244 e. The average Bonchev–Trinajstić information content (AvgIpc) is 3.19. The molecule has 0 radical (unpaired) electrons. The Morgan fingerprint density at radius 2 is 2.03 bits per heavy atom. The summed E-state index contributed by atoms with van der Waals surface area (Å²) in [5.74, 6) is 1.17. The van der Waals surface area contributed by atoms with E-state index in [4.69, 9.17) is 10.1 Å². The molecule has 0 bridgehead atoms. The van der Waals surface area contributed by atoms with E-state index in [9.17, 15) is 4.79 Å². The number of rotatable bonds is 6. The van der Waals surface area contributed by atoms with Gasteiger partial charge >= 0.3 is 0 Å². The lowest BCUT2D eigenvalue weighted by Crippen LogP contribution is -2.36. The van der Waals surface area contributed by atoms with Gasteiger partial charge in [0, 0.05) is 31.5 Å². The number of carbonyl (C=O) groups excluding carboxylic acids is 1. The van der Waals surface area contributed by atoms with Crippen molar-refractivity contribution in [1.82, 2.24) is 24.7 Å². The number of nitrogens with zero attached hydrogens (tertiary/aromatic N) is 6. The summed E-state index contributed by atoms with van der Waals surface area (Å²) in [6.45, 7) is 8.87. The van der Waals surface area contributed by atoms with Crippen molar-refractivity contribution in [3.8, 4) is 0 Å². The molecule has 4 rings (SSSR count). The van der Waals surface area contributed by atoms with Gasteiger partial charge in [-0.3, -0.25) is 19.9 Å². The third kappa shape index (κ3) is 5.48. The van der Waals surface area contributed by atoms with Gasteiger partial charge in [0.05, 0.1) is 25.0 Å². The number of nitrogens with one attached hydrogen (secondary N) is 3. The van der Waals surface area contributed by atoms with Gasteiger partial charge in [0.2, 0.25) is 17.8 Å². The van der Waals surface area contributed by atoms with E-state index >= 15 is 0 Å². The number of fused-ring (bicyclic) bond motifs is 1. The number of aryl methyl sites for hydroxylation is 1. The molecule has 0 fully saturated rings. The standard InChI is InChI=1S/C23H29N9O2/c1-14-19-21(31(5)13-18(33)29-19)30-22(28-14)26-9-16-10-27-32(12-16)11-15-6-7-17(25-8-15)20(24)34-23(2,3)4/h6-8,10,12,24H,9,11,13H2,1-5H3,(H,29,33)(H,26,28,30). The van der Waals surface area contributed by atoms with Crippen LogP contribution >= 0.6 is 0 Å². The maximum atomic E-state index is 11.8. The molecule has 0 unspecified atom stereocenters. The number of hydrogen-bond acceptors (Lipinski definition) is 9. The van der Waals surface area contributed by atoms with Crippen LogP contribution in [0.15, 0.2) is 30.7 Å². The van der Waals surface area contributed by atoms with Crippen LogP contribution in [0.1, 0.15) is 43.3 Å². The Morgan fingerprint density at radius 3 is 2.74 bits per heavy atom. The highest BCUT2D eigenvalue weighted by Crippen LogP contribution is 2.29. The second kappa shape index (κ2) is 9.08. The summed E-state index contributed by atoms with van der Waals surface area (Å²) in [7, 11) is 1.83. The zero-order valence-corrected chi connectivity index (χ0v) is 20.0. The molecule has 3 aromatic rings. The van der Waals surface area contributed by atoms with Crippen molar-refractivity contribution < 1.29 is 9.53 Å². The third-order valence-corrected chi connectivity index (χ3v) is 5.03. The van der Waals surface area contributed by atoms with Crippen LogP contribution < -0.4 is 15.5 Å². The number of carbonyl (C=O) groups is 1. The Labute approximate surface area is 198 Å². The van der Waals surface area contributed by atoms with Crippen molar-refractivity contribution in [2.75, 3.05) is 29.1 Å². The van der Waals surface area contributed by atoms with Crippen LogP contribution in [0, 0.1) is 12.3 Å². The van der Waals surface area contributed by atoms with Crippen LogP contribution in [0.3, 0.4) is 0 Å². The van der Waals surface area contributed by atoms with Crippen LogP contribution in [0.5, 0.6) is 0 Å². The van der Waals surface area contributed by atoms with Crippen molar-refractivity contribution in [2.45, 2.75) is 46.4 Å². The third-order valence-electron chi connectivity index (χ3n) is 5.03. The Balaban J connectivity index is 1.36. The van der Waals surface area contributed by atoms with Gasteiger partial charge in [-0.1, -0.05) is 6.07 Å². The SMILES string of the molecule is Cc1nc(NCc2cnn(Cc3ccc(C(=N)OC(C)(C)C)nc3)c2)nc2c1NC(=O)CN2C. The quantitative estimate of drug-likeness (QED) is 0.375. The summed E-state index contributed by atoms with van der Waals surface area (Å²) in [5.41, 5.74) is 3.36. The van der Waals surface area contributed by atoms with E-state index in [1.54, 1.807) is 18.5 Å². The largest absolute Gasteiger partial charge is 0.471 e. The molecule has 3 N–H and O–H groups in total. The first-order chi connectivity index (χ1) is 16.1. The predicted molar refractivity (Wildman–Crippen MR) is 129 cm³/mol. The van der Waals surface area contributed by atoms with Crippen molar-refractivity contribution in [1.29, 1.82) is 5.41 Å². The van der Waals surface area contributed by atoms with Gasteiger partial charge in [0.1, 0.15) is 17.0 Å². The molecule has 34 heavy (non-hydrogen) atoms. The fourth-order valence-corrected chi connectivity index (χ4v) is 3.49. The molecule has 0 atom stereocenters. The number of ether oxygens (including phenoxy) is 1. The molecule has 3 aromatic heterocycles. The first-order valence-corrected chi connectivity index (χ1v) is 10.9. The molecule has 0 spiro atoms. The molecule has 1 aliphatic heterocycles. The molecule has 1 aliphatic rings. The molecule has 0 saturated heterocycles. The zero-order chi connectivity index (χ0) is 24.5. The highest BCUT2D eigenvalue weighted by atomic mass is 16.5. The van der Waals surface area contributed by atoms with Crippen LogP contribution in [0.2, 0.25) is 0 Å². The maximum absolute atomic E-state index is 11.8. The molecule has 11 heteroatoms. The van der Waals surface area contributed by atoms with Crippen molar-refractivity contribution in [3.05, 3.63) is 53.2 Å². The fraction of sp³-hybridized carbons (Fsp3) is 0.391. The molecule has 4 heterocycles. The molecule has 178 valence electrons. The van der Waals surface area contributed by atoms with Crippen molar-refractivity contribution in [2.24, 2.45) is 0 Å². The summed E-state index contributed by atoms with van der Waals surface area (Å²) in [6, 6.07) is 3.70. The lowest BCUT2D eigenvalue weighted by atomic mass is 10.2. The van der Waals surface area contributed by atoms with Crippen LogP contribution in [-0.2, 0) is 22.6 Å². The summed E-state index contributed by atoms with van der Waals surface area (Å²) < 4.78 is 7.39. The molecule has 0 saturated carbocycles. The summed E-state index contributed by atoms with van der Waals surface area (Å²) in [6.07, 6.45) is 5.47. The van der Waals surface area contributed by atoms with Crippen molar-refractivity contribution >= 4 is 29.3 Å². The smallest absolute Gasteiger partial charge is 0.244 e. The van der Waals surface area contributed by atoms with E-state index in [0.717, 1.165) is 11.1 Å². The normalized spacial score (nSPS) is 13.3. The minimum Gasteiger partial charge on any atom is -0.471 e. The topological polar surface area (TPSA) is 134 Å². The minimum atomic E-state index is -0.439. The summed E-state index contributed by atoms with van der Waals surface area (Å²) in [5, 5.41) is 18.5. The number of hydrogen-bond donors (Lipinski definition) is 3. The Hall–Kier alpha value is -4.02. The fourth-order valence-electron chi connectivity index (χ4n) is 3.49. The van der Waals surface area contributed by atoms with Gasteiger partial charge in [0.25, 0.3) is 0 Å². The van der Waals surface area contributed by atoms with Crippen LogP contribution in [0.25, 0.3) is 0 Å². The Morgan fingerprint density at radius 1 is 1.24 bits per heavy atom. The first-order valence-electron chi connectivity index (χ1n) is 10.9. The molecule has 0 aliphatic carbocycles. The van der Waals surface area contributed by atoms with Gasteiger partial charge in [0.15, 0.2) is 5.82 Å². The summed E-state index contributed by atoms with van der Waals surface area (Å²) in [4.78, 5) is 26.9. The number of anilines is 3. The lowest BCUT2D eigenvalue weighted by molar-refractivity contribution is -0.115. The van der Waals surface area contributed by atoms with Gasteiger partial charge in [-0.2, -0.15) is 10.1 Å². The molecule has 11 nitrogen and oxygen atoms in total. The van der Waals surface area contributed by atoms with E-state index in [1.165, 1.54) is 0 Å². The first kappa shape index (κ1) is 23.1. The monoisotopic (exact) mass is 463 g/mol. The molecule has 1 amide bonds. The number of likely N-dealkylation sites (N-methyl/N-ethyl adjacent to an activating group) is 1. The minimum absolute atomic E-state index is 0.0553. The van der Waals surface area contributed by atoms with Crippen molar-refractivity contribution in [3.63, 3.8) is 0 Å². The molecule has 0 aromatic carbocycles. The van der Waals surface area contributed by atoms with E-state index in [2.05, 4.69) is 30.7 Å². The van der Waals surface area contributed by atoms with Gasteiger partial charge in [-0.25, -0.2) is 4.98 Å². The summed E-state index contributed by atoms with van der Waals surface area (Å²) >= 11 is 0. The van der Waals surface area contributed by atoms with Gasteiger partial charge in [-0.05, 0) is 39.3 Å². The Bertz CT molecular complexity index is 1210. The number of aromatic nitrogens is 5. The van der Waals surface area contributed by atoms with Crippen LogP contribution in [0.4, 0.5) is 17.5 Å². The van der Waals surface area contributed by atoms with E-state index in [1.807, 2.05) is 56.6 Å². The van der Waals surface area contributed by atoms with E-state index < -0.39 is 5.60 Å². The average molecular weight is 464 g/mol. The van der Waals surface area contributed by atoms with Crippen LogP contribution in [-0.4, -0.2) is 55.7 Å². The van der Waals surface area contributed by atoms with E-state index in [0.29, 0.717) is 41.9 Å². The number of pyridine rings is 1. The molecular weight excluding hydrogens is 434 g/mol. The van der Waals surface area contributed by atoms with Gasteiger partial charge in [-0.15, -0.1) is 0 Å². The zero-order valence-electron chi connectivity index (χ0n) is 20.0. The second-order valence-electron chi connectivity index (χ2n) is 9.23. The number of amides is 1. The molecular formula is C23H29N9O2.